The lowest BCUT2D eigenvalue weighted by Gasteiger charge is -2.31. The lowest BCUT2D eigenvalue weighted by Crippen LogP contribution is -2.42. The predicted octanol–water partition coefficient (Wildman–Crippen LogP) is 4.93. The zero-order valence-electron chi connectivity index (χ0n) is 21.4. The van der Waals surface area contributed by atoms with Crippen molar-refractivity contribution >= 4 is 11.8 Å². The van der Waals surface area contributed by atoms with Crippen molar-refractivity contribution in [3.63, 3.8) is 0 Å². The molecule has 0 bridgehead atoms. The molecule has 1 unspecified atom stereocenters. The molecule has 2 rings (SSSR count). The zero-order chi connectivity index (χ0) is 27.1. The van der Waals surface area contributed by atoms with E-state index in [9.17, 15) is 27.2 Å². The Balaban J connectivity index is 2.02. The summed E-state index contributed by atoms with van der Waals surface area (Å²) in [6.07, 6.45) is -3.89. The fraction of sp³-hybridized carbons (Fsp3) is 0.481. The maximum atomic E-state index is 14.5. The van der Waals surface area contributed by atoms with E-state index in [1.807, 2.05) is 49.3 Å². The first kappa shape index (κ1) is 29.3. The molecule has 0 aromatic heterocycles. The molecular weight excluding hydrogens is 474 g/mol. The lowest BCUT2D eigenvalue weighted by molar-refractivity contribution is -0.123. The molecule has 2 aromatic carbocycles. The third-order valence-electron chi connectivity index (χ3n) is 6.10. The fourth-order valence-corrected chi connectivity index (χ4v) is 3.95. The Labute approximate surface area is 210 Å². The maximum Gasteiger partial charge on any atom is 0.405 e. The topological polar surface area (TPSA) is 61.4 Å². The summed E-state index contributed by atoms with van der Waals surface area (Å²) in [6, 6.07) is 13.6. The summed E-state index contributed by atoms with van der Waals surface area (Å²) < 4.78 is 51.4. The van der Waals surface area contributed by atoms with Gasteiger partial charge in [-0.15, -0.1) is 0 Å². The summed E-state index contributed by atoms with van der Waals surface area (Å²) >= 11 is 0. The van der Waals surface area contributed by atoms with E-state index in [-0.39, 0.29) is 23.3 Å². The van der Waals surface area contributed by atoms with Crippen molar-refractivity contribution in [2.45, 2.75) is 51.7 Å². The number of nitrogens with one attached hydrogen (secondary N) is 2. The van der Waals surface area contributed by atoms with Gasteiger partial charge in [-0.25, -0.2) is 4.39 Å². The van der Waals surface area contributed by atoms with Crippen LogP contribution in [-0.2, 0) is 11.2 Å². The van der Waals surface area contributed by atoms with Crippen molar-refractivity contribution in [1.82, 2.24) is 15.5 Å². The first-order valence-electron chi connectivity index (χ1n) is 11.8. The standard InChI is InChI=1S/C27H35F4N3O2/c1-26(2,3)22(19-9-7-6-8-10-19)15-24(35)32-16-20(34(4)5)13-18-11-12-21(23(28)14-18)25(36)33-17-27(29,30)31/h6-12,14,20,22H,13,15-17H2,1-5H3,(H,32,35)(H,33,36)/t20-,22?/m0/s1. The Morgan fingerprint density at radius 3 is 2.14 bits per heavy atom. The van der Waals surface area contributed by atoms with Crippen molar-refractivity contribution in [3.05, 3.63) is 71.0 Å². The number of likely N-dealkylation sites (N-methyl/N-ethyl adjacent to an activating group) is 1. The van der Waals surface area contributed by atoms with Crippen LogP contribution in [0.1, 0.15) is 54.6 Å². The van der Waals surface area contributed by atoms with Gasteiger partial charge >= 0.3 is 6.18 Å². The second kappa shape index (κ2) is 12.3. The third-order valence-corrected chi connectivity index (χ3v) is 6.10. The van der Waals surface area contributed by atoms with Gasteiger partial charge in [-0.05, 0) is 55.1 Å². The van der Waals surface area contributed by atoms with Gasteiger partial charge in [0.05, 0.1) is 5.56 Å². The minimum atomic E-state index is -4.58. The number of hydrogen-bond donors (Lipinski definition) is 2. The van der Waals surface area contributed by atoms with Crippen LogP contribution < -0.4 is 10.6 Å². The van der Waals surface area contributed by atoms with Crippen LogP contribution >= 0.6 is 0 Å². The van der Waals surface area contributed by atoms with Crippen LogP contribution in [0.5, 0.6) is 0 Å². The van der Waals surface area contributed by atoms with Crippen LogP contribution in [0.2, 0.25) is 0 Å². The van der Waals surface area contributed by atoms with E-state index in [4.69, 9.17) is 0 Å². The summed E-state index contributed by atoms with van der Waals surface area (Å²) in [4.78, 5) is 26.6. The molecule has 0 spiro atoms. The molecule has 2 aromatic rings. The highest BCUT2D eigenvalue weighted by molar-refractivity contribution is 5.94. The lowest BCUT2D eigenvalue weighted by atomic mass is 9.74. The number of carbonyl (C=O) groups excluding carboxylic acids is 2. The molecular formula is C27H35F4N3O2. The van der Waals surface area contributed by atoms with Crippen LogP contribution in [0, 0.1) is 11.2 Å². The number of amides is 2. The largest absolute Gasteiger partial charge is 0.405 e. The average Bonchev–Trinajstić information content (AvgIpc) is 2.77. The van der Waals surface area contributed by atoms with Crippen molar-refractivity contribution < 1.29 is 27.2 Å². The zero-order valence-corrected chi connectivity index (χ0v) is 21.4. The quantitative estimate of drug-likeness (QED) is 0.447. The number of hydrogen-bond acceptors (Lipinski definition) is 3. The van der Waals surface area contributed by atoms with E-state index in [2.05, 4.69) is 26.1 Å². The highest BCUT2D eigenvalue weighted by Crippen LogP contribution is 2.37. The molecule has 0 aliphatic carbocycles. The summed E-state index contributed by atoms with van der Waals surface area (Å²) in [5.41, 5.74) is 1.08. The Kier molecular flexibility index (Phi) is 10.0. The van der Waals surface area contributed by atoms with Gasteiger partial charge in [-0.3, -0.25) is 9.59 Å². The summed E-state index contributed by atoms with van der Waals surface area (Å²) in [7, 11) is 3.68. The highest BCUT2D eigenvalue weighted by Gasteiger charge is 2.29. The number of rotatable bonds is 10. The molecule has 0 heterocycles. The monoisotopic (exact) mass is 509 g/mol. The molecule has 0 aliphatic heterocycles. The van der Waals surface area contributed by atoms with Crippen molar-refractivity contribution in [2.75, 3.05) is 27.2 Å². The van der Waals surface area contributed by atoms with Crippen LogP contribution in [0.15, 0.2) is 48.5 Å². The molecule has 0 saturated carbocycles. The molecule has 0 fully saturated rings. The van der Waals surface area contributed by atoms with Crippen LogP contribution in [0.25, 0.3) is 0 Å². The molecule has 9 heteroatoms. The summed E-state index contributed by atoms with van der Waals surface area (Å²) in [5.74, 6) is -2.08. The van der Waals surface area contributed by atoms with Gasteiger partial charge in [-0.2, -0.15) is 13.2 Å². The van der Waals surface area contributed by atoms with Gasteiger partial charge in [0, 0.05) is 19.0 Å². The van der Waals surface area contributed by atoms with E-state index in [1.165, 1.54) is 12.1 Å². The molecule has 0 aliphatic rings. The fourth-order valence-electron chi connectivity index (χ4n) is 3.95. The molecule has 5 nitrogen and oxygen atoms in total. The normalized spacial score (nSPS) is 13.8. The highest BCUT2D eigenvalue weighted by atomic mass is 19.4. The maximum absolute atomic E-state index is 14.5. The Morgan fingerprint density at radius 2 is 1.61 bits per heavy atom. The van der Waals surface area contributed by atoms with E-state index >= 15 is 0 Å². The predicted molar refractivity (Wildman–Crippen MR) is 132 cm³/mol. The summed E-state index contributed by atoms with van der Waals surface area (Å²) in [6.45, 7) is 5.09. The summed E-state index contributed by atoms with van der Waals surface area (Å²) in [5, 5.41) is 4.66. The van der Waals surface area contributed by atoms with Crippen molar-refractivity contribution in [3.8, 4) is 0 Å². The Hall–Kier alpha value is -2.94. The molecule has 198 valence electrons. The average molecular weight is 510 g/mol. The van der Waals surface area contributed by atoms with Crippen molar-refractivity contribution in [1.29, 1.82) is 0 Å². The Morgan fingerprint density at radius 1 is 0.972 bits per heavy atom. The van der Waals surface area contributed by atoms with Gasteiger partial charge in [-0.1, -0.05) is 57.2 Å². The number of halogens is 4. The molecule has 2 amide bonds. The number of benzene rings is 2. The van der Waals surface area contributed by atoms with Gasteiger partial charge in [0.25, 0.3) is 5.91 Å². The van der Waals surface area contributed by atoms with Crippen LogP contribution in [-0.4, -0.2) is 56.1 Å². The Bertz CT molecular complexity index is 1020. The number of alkyl halides is 3. The number of nitrogens with zero attached hydrogens (tertiary/aromatic N) is 1. The molecule has 0 radical (unpaired) electrons. The number of carbonyl (C=O) groups is 2. The SMILES string of the molecule is CN(C)[C@H](CNC(=O)CC(c1ccccc1)C(C)(C)C)Cc1ccc(C(=O)NCC(F)(F)F)c(F)c1. The first-order chi connectivity index (χ1) is 16.7. The van der Waals surface area contributed by atoms with Gasteiger partial charge < -0.3 is 15.5 Å². The van der Waals surface area contributed by atoms with E-state index < -0.39 is 30.0 Å². The first-order valence-corrected chi connectivity index (χ1v) is 11.8. The third kappa shape index (κ3) is 9.26. The molecule has 36 heavy (non-hydrogen) atoms. The molecule has 0 saturated heterocycles. The van der Waals surface area contributed by atoms with Crippen molar-refractivity contribution in [2.24, 2.45) is 5.41 Å². The van der Waals surface area contributed by atoms with E-state index in [0.717, 1.165) is 11.6 Å². The van der Waals surface area contributed by atoms with E-state index in [0.29, 0.717) is 24.9 Å². The second-order valence-electron chi connectivity index (χ2n) is 10.3. The molecule has 2 atom stereocenters. The van der Waals surface area contributed by atoms with Gasteiger partial charge in [0.1, 0.15) is 12.4 Å². The van der Waals surface area contributed by atoms with Crippen LogP contribution in [0.4, 0.5) is 17.6 Å². The smallest absolute Gasteiger partial charge is 0.355 e. The molecule has 2 N–H and O–H groups in total. The second-order valence-corrected chi connectivity index (χ2v) is 10.3. The minimum absolute atomic E-state index is 0.0293. The van der Waals surface area contributed by atoms with Crippen LogP contribution in [0.3, 0.4) is 0 Å². The van der Waals surface area contributed by atoms with E-state index in [1.54, 1.807) is 5.32 Å². The van der Waals surface area contributed by atoms with Gasteiger partial charge in [0.15, 0.2) is 0 Å². The minimum Gasteiger partial charge on any atom is -0.355 e. The van der Waals surface area contributed by atoms with Gasteiger partial charge in [0.2, 0.25) is 5.91 Å².